The van der Waals surface area contributed by atoms with E-state index in [2.05, 4.69) is 187 Å². The molecule has 8 aromatic rings. The van der Waals surface area contributed by atoms with Crippen LogP contribution in [0.3, 0.4) is 0 Å². The summed E-state index contributed by atoms with van der Waals surface area (Å²) >= 11 is 0. The fourth-order valence-electron chi connectivity index (χ4n) is 11.5. The molecule has 10 rings (SSSR count). The highest BCUT2D eigenvalue weighted by Crippen LogP contribution is 2.45. The van der Waals surface area contributed by atoms with Gasteiger partial charge in [0.25, 0.3) is 11.8 Å². The van der Waals surface area contributed by atoms with Crippen LogP contribution in [0.1, 0.15) is 209 Å². The van der Waals surface area contributed by atoms with Crippen molar-refractivity contribution < 1.29 is 101 Å². The lowest BCUT2D eigenvalue weighted by atomic mass is 9.82. The number of hydrogen-bond donors (Lipinski definition) is 0. The Morgan fingerprint density at radius 2 is 0.844 bits per heavy atom. The summed E-state index contributed by atoms with van der Waals surface area (Å²) in [5.41, 5.74) is -4.80. The number of aromatic nitrogens is 10. The van der Waals surface area contributed by atoms with E-state index in [9.17, 15) is 45.5 Å². The molecule has 1 radical (unpaired) electrons. The number of fused-ring (bicyclic) bond motifs is 2. The van der Waals surface area contributed by atoms with E-state index in [-0.39, 0.29) is 79.8 Å². The molecule has 701 valence electrons. The standard InChI is InChI=1S/C37H56BF3N6O8Si.C31H43F3N6O6Si.C15H17N.C6H12BO2/c1-32(2,3)51-30(48)47(31(49)52-33(4,5)6)28-26-27(43-22-44-28)46(45-29(26)50-25-20-23(17-19-42-25)37(39,40)41)21-24(53-56(14,15)34(7,8)9)16-18-38-54-35(10,11)36(12,13)55-38;1-13-20(46-47(11,12)30(8,9)10)17-39-23-22(25(38-39)43-21-16-19(14-15-35-21)31(32,33)34)24(37-18-36-23)40(26(41)44-28(2,3)4)27(42)45-29(5,6)7;1-16(12-14-8-4-2-5-9-14)13-15-10-6-3-7-11-15;1-5(2)6(3,4)9-7-8-5/h17,19-20,22,24H,16,18,21H2,1-15H3;13-16,18,20H,1,17H2,2-12H3;2-11H,12-13H2,1H3;1-4H3. The number of nitrogens with zero attached hydrogens (tertiary/aromatic N) is 13. The van der Waals surface area contributed by atoms with Gasteiger partial charge in [0.1, 0.15) is 45.8 Å². The zero-order valence-electron chi connectivity index (χ0n) is 79.8. The minimum atomic E-state index is -4.70. The number of imide groups is 2. The van der Waals surface area contributed by atoms with E-state index in [1.54, 1.807) is 89.2 Å². The molecule has 4 amide bonds. The van der Waals surface area contributed by atoms with Gasteiger partial charge in [-0.25, -0.2) is 58.4 Å². The number of benzene rings is 2. The monoisotopic (exact) mass is 1830 g/mol. The van der Waals surface area contributed by atoms with Crippen LogP contribution < -0.4 is 19.3 Å². The van der Waals surface area contributed by atoms with Crippen molar-refractivity contribution in [2.75, 3.05) is 16.8 Å². The van der Waals surface area contributed by atoms with Crippen molar-refractivity contribution >= 4 is 89.5 Å². The van der Waals surface area contributed by atoms with Gasteiger partial charge in [0.2, 0.25) is 11.8 Å². The van der Waals surface area contributed by atoms with Gasteiger partial charge in [-0.05, 0) is 218 Å². The molecule has 2 atom stereocenters. The van der Waals surface area contributed by atoms with Gasteiger partial charge in [-0.3, -0.25) is 4.90 Å². The summed E-state index contributed by atoms with van der Waals surface area (Å²) in [6.07, 6.45) is -8.37. The molecule has 8 heterocycles. The highest BCUT2D eigenvalue weighted by molar-refractivity contribution is 6.74. The lowest BCUT2D eigenvalue weighted by Gasteiger charge is -2.39. The van der Waals surface area contributed by atoms with Crippen LogP contribution in [0.4, 0.5) is 57.2 Å². The Bertz CT molecular complexity index is 4970. The molecule has 2 aliphatic rings. The summed E-state index contributed by atoms with van der Waals surface area (Å²) in [5.74, 6) is -2.28. The largest absolute Gasteiger partial charge is 0.488 e. The van der Waals surface area contributed by atoms with Gasteiger partial charge in [-0.15, -0.1) is 16.8 Å². The third-order valence-corrected chi connectivity index (χ3v) is 30.5. The second kappa shape index (κ2) is 40.5. The number of anilines is 2. The number of alkyl halides is 6. The normalized spacial score (nSPS) is 15.8. The summed E-state index contributed by atoms with van der Waals surface area (Å²) in [7, 11) is -1.70. The molecule has 128 heavy (non-hydrogen) atoms. The van der Waals surface area contributed by atoms with Crippen molar-refractivity contribution in [1.82, 2.24) is 54.4 Å². The Morgan fingerprint density at radius 3 is 1.16 bits per heavy atom. The smallest absolute Gasteiger partial charge is 0.443 e. The van der Waals surface area contributed by atoms with Crippen molar-refractivity contribution in [2.24, 2.45) is 0 Å². The zero-order valence-corrected chi connectivity index (χ0v) is 81.8. The van der Waals surface area contributed by atoms with E-state index in [4.69, 9.17) is 55.9 Å². The molecule has 2 aromatic carbocycles. The van der Waals surface area contributed by atoms with Crippen molar-refractivity contribution in [1.29, 1.82) is 0 Å². The molecule has 2 saturated heterocycles. The summed E-state index contributed by atoms with van der Waals surface area (Å²) in [6, 6.07) is 24.1. The van der Waals surface area contributed by atoms with E-state index >= 15 is 0 Å². The maximum Gasteiger partial charge on any atom is 0.488 e. The van der Waals surface area contributed by atoms with Crippen LogP contribution >= 0.6 is 0 Å². The fraction of sp³-hybridized carbons (Fsp3) is 0.573. The first kappa shape index (κ1) is 106. The fourth-order valence-corrected chi connectivity index (χ4v) is 14.2. The van der Waals surface area contributed by atoms with E-state index in [1.165, 1.54) is 28.2 Å². The van der Waals surface area contributed by atoms with Gasteiger partial charge < -0.3 is 55.9 Å². The molecule has 6 aromatic heterocycles. The number of amides is 4. The molecule has 0 saturated carbocycles. The minimum absolute atomic E-state index is 0.0429. The molecule has 2 fully saturated rings. The molecule has 39 heteroatoms. The first-order chi connectivity index (χ1) is 58.4. The number of carbonyl (C=O) groups excluding carboxylic acids is 4. The van der Waals surface area contributed by atoms with Crippen LogP contribution in [0.25, 0.3) is 22.1 Å². The number of hydrogen-bond acceptors (Lipinski definition) is 25. The number of ether oxygens (including phenoxy) is 6. The summed E-state index contributed by atoms with van der Waals surface area (Å²) in [5, 5.41) is 8.64. The maximum absolute atomic E-state index is 13.8. The molecular weight excluding hydrogens is 1700 g/mol. The second-order valence-electron chi connectivity index (χ2n) is 40.2. The first-order valence-corrected chi connectivity index (χ1v) is 47.9. The Morgan fingerprint density at radius 1 is 0.500 bits per heavy atom. The van der Waals surface area contributed by atoms with E-state index < -0.39 is 129 Å². The Labute approximate surface area is 751 Å². The lowest BCUT2D eigenvalue weighted by molar-refractivity contribution is -0.138. The molecule has 0 spiro atoms. The SMILES string of the molecule is C=CC(Cn1nc(Oc2cc(C(F)(F)F)ccn2)c2c(N(C(=O)OC(C)(C)C)C(=O)OC(C)(C)C)ncnc21)O[Si](C)(C)C(C)(C)C.CC(C)(C)OC(=O)N(C(=O)OC(C)(C)C)c1ncnc2c1c(Oc1cc(C(F)(F)F)ccn1)nn2CC(CCB1OC(C)(C)C(C)(C)O1)O[Si](C)(C)C(C)(C)C.CC1(C)O[B]OC1(C)C.CN(Cc1ccccc1)Cc1ccccc1. The quantitative estimate of drug-likeness (QED) is 0.0263. The third-order valence-electron chi connectivity index (χ3n) is 21.5. The van der Waals surface area contributed by atoms with Crippen LogP contribution in [-0.4, -0.2) is 174 Å². The molecular formula is C89H128B2F6N13O16Si2. The Balaban J connectivity index is 0.000000277. The van der Waals surface area contributed by atoms with Crippen LogP contribution in [0.2, 0.25) is 42.6 Å². The van der Waals surface area contributed by atoms with Crippen molar-refractivity contribution in [2.45, 2.75) is 325 Å². The third kappa shape index (κ3) is 29.5. The molecule has 2 aliphatic heterocycles. The lowest BCUT2D eigenvalue weighted by Crippen LogP contribution is -2.45. The van der Waals surface area contributed by atoms with E-state index in [1.807, 2.05) is 55.4 Å². The molecule has 2 unspecified atom stereocenters. The predicted octanol–water partition coefficient (Wildman–Crippen LogP) is 22.3. The van der Waals surface area contributed by atoms with Crippen LogP contribution in [0, 0.1) is 0 Å². The summed E-state index contributed by atoms with van der Waals surface area (Å²) in [6.45, 7) is 62.3. The van der Waals surface area contributed by atoms with E-state index in [0.29, 0.717) is 34.7 Å². The second-order valence-corrected chi connectivity index (χ2v) is 49.7. The van der Waals surface area contributed by atoms with E-state index in [0.717, 1.165) is 50.3 Å². The van der Waals surface area contributed by atoms with Gasteiger partial charge in [-0.2, -0.15) is 36.1 Å². The zero-order chi connectivity index (χ0) is 96.5. The number of carbonyl (C=O) groups is 4. The molecule has 0 aliphatic carbocycles. The van der Waals surface area contributed by atoms with Crippen molar-refractivity contribution in [3.8, 4) is 23.5 Å². The highest BCUT2D eigenvalue weighted by atomic mass is 28.4. The van der Waals surface area contributed by atoms with Gasteiger partial charge in [0, 0.05) is 37.6 Å². The number of pyridine rings is 2. The molecule has 29 nitrogen and oxygen atoms in total. The Hall–Kier alpha value is -9.48. The minimum Gasteiger partial charge on any atom is -0.443 e. The van der Waals surface area contributed by atoms with Crippen LogP contribution in [0.15, 0.2) is 123 Å². The van der Waals surface area contributed by atoms with Gasteiger partial charge >= 0.3 is 51.5 Å². The average Bonchev–Trinajstić information content (AvgIpc) is 1.59. The van der Waals surface area contributed by atoms with Crippen LogP contribution in [0.5, 0.6) is 23.5 Å². The molecule has 0 N–H and O–H groups in total. The predicted molar refractivity (Wildman–Crippen MR) is 483 cm³/mol. The number of halogens is 6. The highest BCUT2D eigenvalue weighted by Gasteiger charge is 2.52. The summed E-state index contributed by atoms with van der Waals surface area (Å²) < 4.78 is 155. The average molecular weight is 1830 g/mol. The first-order valence-electron chi connectivity index (χ1n) is 42.1. The molecule has 0 bridgehead atoms. The number of rotatable bonds is 22. The Kier molecular flexibility index (Phi) is 33.4. The van der Waals surface area contributed by atoms with Gasteiger partial charge in [-0.1, -0.05) is 108 Å². The topological polar surface area (TPSA) is 302 Å². The van der Waals surface area contributed by atoms with Crippen LogP contribution in [-0.2, 0) is 84.9 Å². The summed E-state index contributed by atoms with van der Waals surface area (Å²) in [4.78, 5) is 83.4. The van der Waals surface area contributed by atoms with Gasteiger partial charge in [0.05, 0.1) is 58.8 Å². The van der Waals surface area contributed by atoms with Crippen molar-refractivity contribution in [3.63, 3.8) is 0 Å². The van der Waals surface area contributed by atoms with Crippen molar-refractivity contribution in [3.05, 3.63) is 145 Å². The maximum atomic E-state index is 13.8. The van der Waals surface area contributed by atoms with Gasteiger partial charge in [0.15, 0.2) is 39.6 Å².